The van der Waals surface area contributed by atoms with Crippen LogP contribution in [0.4, 0.5) is 0 Å². The third kappa shape index (κ3) is 4.69. The monoisotopic (exact) mass is 282 g/mol. The molecule has 19 heavy (non-hydrogen) atoms. The highest BCUT2D eigenvalue weighted by molar-refractivity contribution is 7.89. The molecule has 0 bridgehead atoms. The van der Waals surface area contributed by atoms with Gasteiger partial charge in [-0.05, 0) is 37.6 Å². The standard InChI is InChI=1S/C12H14N2O4S/c1-9(2-7-12(15)16)14-19(17,18)11-5-3-10(8-13)4-6-11/h3-6,9,14H,2,7H2,1H3,(H,15,16). The van der Waals surface area contributed by atoms with Crippen LogP contribution in [0.5, 0.6) is 0 Å². The van der Waals surface area contributed by atoms with Gasteiger partial charge in [-0.3, -0.25) is 4.79 Å². The lowest BCUT2D eigenvalue weighted by Gasteiger charge is -2.13. The zero-order valence-electron chi connectivity index (χ0n) is 10.3. The molecule has 0 aliphatic heterocycles. The van der Waals surface area contributed by atoms with Gasteiger partial charge in [-0.25, -0.2) is 13.1 Å². The molecule has 1 unspecified atom stereocenters. The summed E-state index contributed by atoms with van der Waals surface area (Å²) in [5.74, 6) is -0.968. The maximum absolute atomic E-state index is 11.9. The van der Waals surface area contributed by atoms with Crippen molar-refractivity contribution in [3.63, 3.8) is 0 Å². The van der Waals surface area contributed by atoms with Crippen LogP contribution < -0.4 is 4.72 Å². The molecule has 1 atom stereocenters. The van der Waals surface area contributed by atoms with E-state index < -0.39 is 22.0 Å². The van der Waals surface area contributed by atoms with Gasteiger partial charge >= 0.3 is 5.97 Å². The van der Waals surface area contributed by atoms with Crippen LogP contribution in [-0.4, -0.2) is 25.5 Å². The smallest absolute Gasteiger partial charge is 0.303 e. The number of carbonyl (C=O) groups is 1. The highest BCUT2D eigenvalue weighted by Crippen LogP contribution is 2.11. The molecule has 1 aromatic carbocycles. The van der Waals surface area contributed by atoms with Crippen molar-refractivity contribution in [3.05, 3.63) is 29.8 Å². The summed E-state index contributed by atoms with van der Waals surface area (Å²) >= 11 is 0. The highest BCUT2D eigenvalue weighted by Gasteiger charge is 2.17. The summed E-state index contributed by atoms with van der Waals surface area (Å²) in [6.45, 7) is 1.60. The maximum atomic E-state index is 11.9. The molecule has 0 saturated heterocycles. The number of benzene rings is 1. The Morgan fingerprint density at radius 2 is 2.00 bits per heavy atom. The lowest BCUT2D eigenvalue weighted by Crippen LogP contribution is -2.33. The quantitative estimate of drug-likeness (QED) is 0.812. The number of nitrogens with zero attached hydrogens (tertiary/aromatic N) is 1. The number of aliphatic carboxylic acids is 1. The molecule has 0 aliphatic carbocycles. The van der Waals surface area contributed by atoms with Gasteiger partial charge in [0.1, 0.15) is 0 Å². The molecule has 0 fully saturated rings. The van der Waals surface area contributed by atoms with Crippen molar-refractivity contribution in [2.45, 2.75) is 30.7 Å². The molecule has 0 aromatic heterocycles. The van der Waals surface area contributed by atoms with E-state index >= 15 is 0 Å². The first kappa shape index (κ1) is 15.1. The summed E-state index contributed by atoms with van der Waals surface area (Å²) in [6.07, 6.45) is 0.113. The second kappa shape index (κ2) is 6.31. The Labute approximate surface area is 111 Å². The predicted molar refractivity (Wildman–Crippen MR) is 67.8 cm³/mol. The van der Waals surface area contributed by atoms with E-state index in [2.05, 4.69) is 4.72 Å². The minimum atomic E-state index is -3.68. The second-order valence-electron chi connectivity index (χ2n) is 4.09. The van der Waals surface area contributed by atoms with E-state index in [1.165, 1.54) is 24.3 Å². The summed E-state index contributed by atoms with van der Waals surface area (Å²) < 4.78 is 26.3. The fraction of sp³-hybridized carbons (Fsp3) is 0.333. The molecule has 0 spiro atoms. The Morgan fingerprint density at radius 1 is 1.42 bits per heavy atom. The maximum Gasteiger partial charge on any atom is 0.303 e. The lowest BCUT2D eigenvalue weighted by molar-refractivity contribution is -0.137. The molecule has 7 heteroatoms. The number of hydrogen-bond acceptors (Lipinski definition) is 4. The molecular weight excluding hydrogens is 268 g/mol. The summed E-state index contributed by atoms with van der Waals surface area (Å²) in [6, 6.07) is 6.93. The van der Waals surface area contributed by atoms with Crippen molar-refractivity contribution in [1.82, 2.24) is 4.72 Å². The Bertz CT molecular complexity index is 587. The molecule has 6 nitrogen and oxygen atoms in total. The van der Waals surface area contributed by atoms with Gasteiger partial charge in [0.2, 0.25) is 10.0 Å². The third-order valence-corrected chi connectivity index (χ3v) is 4.05. The van der Waals surface area contributed by atoms with E-state index in [0.717, 1.165) is 0 Å². The van der Waals surface area contributed by atoms with Gasteiger partial charge in [0, 0.05) is 12.5 Å². The lowest BCUT2D eigenvalue weighted by atomic mass is 10.2. The summed E-state index contributed by atoms with van der Waals surface area (Å²) in [4.78, 5) is 10.5. The Hall–Kier alpha value is -1.91. The minimum Gasteiger partial charge on any atom is -0.481 e. The molecule has 0 heterocycles. The van der Waals surface area contributed by atoms with E-state index in [1.807, 2.05) is 6.07 Å². The number of sulfonamides is 1. The van der Waals surface area contributed by atoms with E-state index in [9.17, 15) is 13.2 Å². The van der Waals surface area contributed by atoms with E-state index in [-0.39, 0.29) is 17.7 Å². The highest BCUT2D eigenvalue weighted by atomic mass is 32.2. The van der Waals surface area contributed by atoms with E-state index in [1.54, 1.807) is 6.92 Å². The van der Waals surface area contributed by atoms with Crippen molar-refractivity contribution >= 4 is 16.0 Å². The Balaban J connectivity index is 2.75. The number of carboxylic acids is 1. The summed E-state index contributed by atoms with van der Waals surface area (Å²) in [7, 11) is -3.68. The molecule has 0 amide bonds. The molecular formula is C12H14N2O4S. The van der Waals surface area contributed by atoms with Crippen LogP contribution in [0.2, 0.25) is 0 Å². The average Bonchev–Trinajstić information content (AvgIpc) is 2.36. The largest absolute Gasteiger partial charge is 0.481 e. The fourth-order valence-electron chi connectivity index (χ4n) is 1.44. The first-order valence-electron chi connectivity index (χ1n) is 5.59. The SMILES string of the molecule is CC(CCC(=O)O)NS(=O)(=O)c1ccc(C#N)cc1. The molecule has 102 valence electrons. The summed E-state index contributed by atoms with van der Waals surface area (Å²) in [5, 5.41) is 17.2. The van der Waals surface area contributed by atoms with Crippen LogP contribution in [-0.2, 0) is 14.8 Å². The van der Waals surface area contributed by atoms with Crippen LogP contribution in [0, 0.1) is 11.3 Å². The van der Waals surface area contributed by atoms with Crippen molar-refractivity contribution in [2.75, 3.05) is 0 Å². The zero-order valence-corrected chi connectivity index (χ0v) is 11.1. The van der Waals surface area contributed by atoms with Gasteiger partial charge < -0.3 is 5.11 Å². The first-order chi connectivity index (χ1) is 8.85. The van der Waals surface area contributed by atoms with Crippen LogP contribution >= 0.6 is 0 Å². The number of rotatable bonds is 6. The van der Waals surface area contributed by atoms with Gasteiger partial charge in [0.25, 0.3) is 0 Å². The molecule has 1 rings (SSSR count). The number of carboxylic acid groups (broad SMARTS) is 1. The third-order valence-electron chi connectivity index (χ3n) is 2.44. The second-order valence-corrected chi connectivity index (χ2v) is 5.80. The van der Waals surface area contributed by atoms with Crippen molar-refractivity contribution in [1.29, 1.82) is 5.26 Å². The van der Waals surface area contributed by atoms with Crippen LogP contribution in [0.3, 0.4) is 0 Å². The van der Waals surface area contributed by atoms with Gasteiger partial charge in [-0.2, -0.15) is 5.26 Å². The fourth-order valence-corrected chi connectivity index (χ4v) is 2.72. The van der Waals surface area contributed by atoms with Crippen molar-refractivity contribution < 1.29 is 18.3 Å². The van der Waals surface area contributed by atoms with Gasteiger partial charge in [0.05, 0.1) is 16.5 Å². The van der Waals surface area contributed by atoms with Crippen LogP contribution in [0.1, 0.15) is 25.3 Å². The first-order valence-corrected chi connectivity index (χ1v) is 7.08. The predicted octanol–water partition coefficient (Wildman–Crippen LogP) is 1.09. The van der Waals surface area contributed by atoms with Crippen LogP contribution in [0.25, 0.3) is 0 Å². The zero-order chi connectivity index (χ0) is 14.5. The minimum absolute atomic E-state index is 0.0497. The normalized spacial score (nSPS) is 12.6. The molecule has 1 aromatic rings. The van der Waals surface area contributed by atoms with E-state index in [4.69, 9.17) is 10.4 Å². The molecule has 0 saturated carbocycles. The van der Waals surface area contributed by atoms with Gasteiger partial charge in [-0.15, -0.1) is 0 Å². The Kier molecular flexibility index (Phi) is 5.03. The Morgan fingerprint density at radius 3 is 2.47 bits per heavy atom. The van der Waals surface area contributed by atoms with Crippen molar-refractivity contribution in [2.24, 2.45) is 0 Å². The van der Waals surface area contributed by atoms with Crippen LogP contribution in [0.15, 0.2) is 29.2 Å². The van der Waals surface area contributed by atoms with E-state index in [0.29, 0.717) is 5.56 Å². The number of hydrogen-bond donors (Lipinski definition) is 2. The van der Waals surface area contributed by atoms with Gasteiger partial charge in [0.15, 0.2) is 0 Å². The molecule has 2 N–H and O–H groups in total. The average molecular weight is 282 g/mol. The van der Waals surface area contributed by atoms with Crippen molar-refractivity contribution in [3.8, 4) is 6.07 Å². The summed E-state index contributed by atoms with van der Waals surface area (Å²) in [5.41, 5.74) is 0.373. The molecule has 0 aliphatic rings. The molecule has 0 radical (unpaired) electrons. The number of nitriles is 1. The van der Waals surface area contributed by atoms with Gasteiger partial charge in [-0.1, -0.05) is 0 Å². The number of nitrogens with one attached hydrogen (secondary N) is 1. The topological polar surface area (TPSA) is 107 Å².